The number of nitrogens with one attached hydrogen (secondary N) is 3. The van der Waals surface area contributed by atoms with Gasteiger partial charge in [0, 0.05) is 46.8 Å². The lowest BCUT2D eigenvalue weighted by Crippen LogP contribution is -2.05. The number of benzene rings is 2. The maximum absolute atomic E-state index is 11.2. The van der Waals surface area contributed by atoms with E-state index >= 15 is 0 Å². The Hall–Kier alpha value is -3.65. The molecule has 2 aromatic carbocycles. The second-order valence-electron chi connectivity index (χ2n) is 7.70. The highest BCUT2D eigenvalue weighted by Crippen LogP contribution is 2.39. The van der Waals surface area contributed by atoms with E-state index < -0.39 is 0 Å². The first-order valence-corrected chi connectivity index (χ1v) is 11.3. The summed E-state index contributed by atoms with van der Waals surface area (Å²) in [6.07, 6.45) is 2.43. The number of hydrogen-bond acceptors (Lipinski definition) is 6. The van der Waals surface area contributed by atoms with E-state index in [9.17, 15) is 4.79 Å². The Labute approximate surface area is 190 Å². The lowest BCUT2D eigenvalue weighted by Gasteiger charge is -2.09. The van der Waals surface area contributed by atoms with Crippen LogP contribution in [0.5, 0.6) is 0 Å². The van der Waals surface area contributed by atoms with Crippen molar-refractivity contribution in [2.24, 2.45) is 0 Å². The van der Waals surface area contributed by atoms with Gasteiger partial charge in [-0.1, -0.05) is 30.3 Å². The molecule has 4 aromatic rings. The summed E-state index contributed by atoms with van der Waals surface area (Å²) in [6.45, 7) is 1.49. The summed E-state index contributed by atoms with van der Waals surface area (Å²) in [5, 5.41) is 14.2. The Morgan fingerprint density at radius 2 is 1.78 bits per heavy atom. The zero-order valence-corrected chi connectivity index (χ0v) is 18.3. The minimum atomic E-state index is -0.0942. The molecule has 0 atom stereocenters. The predicted molar refractivity (Wildman–Crippen MR) is 126 cm³/mol. The molecule has 3 N–H and O–H groups in total. The molecule has 0 saturated heterocycles. The SMILES string of the molecule is CC(=O)Nc1ccc(Sc2nc(Nc3cc(C4CC4)[nH]n3)cc(-c3ccccc3)n2)cc1. The number of H-pyrrole nitrogens is 1. The second-order valence-corrected chi connectivity index (χ2v) is 8.74. The van der Waals surface area contributed by atoms with E-state index in [1.807, 2.05) is 60.7 Å². The average Bonchev–Trinajstić information content (AvgIpc) is 3.54. The third-order valence-electron chi connectivity index (χ3n) is 5.03. The van der Waals surface area contributed by atoms with E-state index in [-0.39, 0.29) is 5.91 Å². The number of aromatic nitrogens is 4. The number of amides is 1. The van der Waals surface area contributed by atoms with Crippen LogP contribution in [0.1, 0.15) is 31.4 Å². The molecule has 1 fully saturated rings. The molecule has 2 heterocycles. The minimum Gasteiger partial charge on any atom is -0.326 e. The molecule has 0 unspecified atom stereocenters. The quantitative estimate of drug-likeness (QED) is 0.323. The largest absolute Gasteiger partial charge is 0.326 e. The fourth-order valence-corrected chi connectivity index (χ4v) is 4.11. The normalized spacial score (nSPS) is 13.0. The number of aromatic amines is 1. The van der Waals surface area contributed by atoms with Crippen molar-refractivity contribution in [2.45, 2.75) is 35.7 Å². The van der Waals surface area contributed by atoms with Crippen LogP contribution in [0.15, 0.2) is 76.8 Å². The molecule has 2 aromatic heterocycles. The van der Waals surface area contributed by atoms with Crippen LogP contribution in [0, 0.1) is 0 Å². The first kappa shape index (κ1) is 20.3. The van der Waals surface area contributed by atoms with Gasteiger partial charge in [0.05, 0.1) is 5.69 Å². The zero-order chi connectivity index (χ0) is 21.9. The number of nitrogens with zero attached hydrogens (tertiary/aromatic N) is 3. The molecule has 0 spiro atoms. The van der Waals surface area contributed by atoms with Gasteiger partial charge in [-0.2, -0.15) is 5.10 Å². The van der Waals surface area contributed by atoms with E-state index in [4.69, 9.17) is 9.97 Å². The Balaban J connectivity index is 1.42. The first-order chi connectivity index (χ1) is 15.6. The lowest BCUT2D eigenvalue weighted by molar-refractivity contribution is -0.114. The summed E-state index contributed by atoms with van der Waals surface area (Å²) in [6, 6.07) is 21.6. The summed E-state index contributed by atoms with van der Waals surface area (Å²) in [5.41, 5.74) is 3.77. The van der Waals surface area contributed by atoms with E-state index in [2.05, 4.69) is 26.9 Å². The van der Waals surface area contributed by atoms with Gasteiger partial charge in [0.15, 0.2) is 11.0 Å². The maximum Gasteiger partial charge on any atom is 0.221 e. The van der Waals surface area contributed by atoms with Gasteiger partial charge in [0.25, 0.3) is 0 Å². The number of carbonyl (C=O) groups is 1. The lowest BCUT2D eigenvalue weighted by atomic mass is 10.1. The topological polar surface area (TPSA) is 95.6 Å². The molecule has 1 aliphatic rings. The van der Waals surface area contributed by atoms with E-state index in [0.717, 1.165) is 27.7 Å². The maximum atomic E-state index is 11.2. The van der Waals surface area contributed by atoms with Gasteiger partial charge in [-0.05, 0) is 48.9 Å². The van der Waals surface area contributed by atoms with Gasteiger partial charge >= 0.3 is 0 Å². The van der Waals surface area contributed by atoms with Crippen molar-refractivity contribution in [3.63, 3.8) is 0 Å². The first-order valence-electron chi connectivity index (χ1n) is 10.4. The van der Waals surface area contributed by atoms with Crippen molar-refractivity contribution in [2.75, 3.05) is 10.6 Å². The minimum absolute atomic E-state index is 0.0942. The van der Waals surface area contributed by atoms with E-state index in [1.54, 1.807) is 0 Å². The zero-order valence-electron chi connectivity index (χ0n) is 17.5. The fraction of sp³-hybridized carbons (Fsp3) is 0.167. The molecule has 1 amide bonds. The van der Waals surface area contributed by atoms with Crippen LogP contribution in [0.25, 0.3) is 11.3 Å². The molecule has 8 heteroatoms. The Morgan fingerprint density at radius 1 is 1.00 bits per heavy atom. The molecule has 0 aliphatic heterocycles. The van der Waals surface area contributed by atoms with Crippen LogP contribution in [-0.4, -0.2) is 26.1 Å². The van der Waals surface area contributed by atoms with Crippen molar-refractivity contribution in [1.29, 1.82) is 0 Å². The van der Waals surface area contributed by atoms with Gasteiger partial charge in [-0.15, -0.1) is 0 Å². The van der Waals surface area contributed by atoms with Crippen molar-refractivity contribution in [3.05, 3.63) is 72.4 Å². The third kappa shape index (κ3) is 4.97. The number of hydrogen-bond donors (Lipinski definition) is 3. The van der Waals surface area contributed by atoms with Crippen LogP contribution < -0.4 is 10.6 Å². The molecule has 7 nitrogen and oxygen atoms in total. The van der Waals surface area contributed by atoms with Crippen molar-refractivity contribution in [1.82, 2.24) is 20.2 Å². The van der Waals surface area contributed by atoms with Gasteiger partial charge in [0.2, 0.25) is 5.91 Å². The molecular weight excluding hydrogens is 420 g/mol. The van der Waals surface area contributed by atoms with Crippen molar-refractivity contribution < 1.29 is 4.79 Å². The van der Waals surface area contributed by atoms with Gasteiger partial charge in [-0.3, -0.25) is 9.89 Å². The molecule has 0 radical (unpaired) electrons. The Bertz CT molecular complexity index is 1240. The highest BCUT2D eigenvalue weighted by Gasteiger charge is 2.25. The van der Waals surface area contributed by atoms with Crippen LogP contribution in [-0.2, 0) is 4.79 Å². The Morgan fingerprint density at radius 3 is 2.50 bits per heavy atom. The van der Waals surface area contributed by atoms with Gasteiger partial charge < -0.3 is 10.6 Å². The van der Waals surface area contributed by atoms with Crippen molar-refractivity contribution in [3.8, 4) is 11.3 Å². The smallest absolute Gasteiger partial charge is 0.221 e. The van der Waals surface area contributed by atoms with Crippen LogP contribution >= 0.6 is 11.8 Å². The van der Waals surface area contributed by atoms with Crippen molar-refractivity contribution >= 4 is 35.0 Å². The number of anilines is 3. The molecule has 160 valence electrons. The average molecular weight is 443 g/mol. The molecular formula is C24H22N6OS. The molecule has 1 aliphatic carbocycles. The van der Waals surface area contributed by atoms with Crippen LogP contribution in [0.4, 0.5) is 17.3 Å². The molecule has 1 saturated carbocycles. The summed E-state index contributed by atoms with van der Waals surface area (Å²) >= 11 is 1.47. The summed E-state index contributed by atoms with van der Waals surface area (Å²) in [4.78, 5) is 21.7. The Kier molecular flexibility index (Phi) is 5.60. The predicted octanol–water partition coefficient (Wildman–Crippen LogP) is 5.60. The second kappa shape index (κ2) is 8.84. The molecule has 32 heavy (non-hydrogen) atoms. The summed E-state index contributed by atoms with van der Waals surface area (Å²) in [5.74, 6) is 1.95. The highest BCUT2D eigenvalue weighted by atomic mass is 32.2. The molecule has 5 rings (SSSR count). The van der Waals surface area contributed by atoms with E-state index in [0.29, 0.717) is 16.9 Å². The fourth-order valence-electron chi connectivity index (χ4n) is 3.34. The van der Waals surface area contributed by atoms with Gasteiger partial charge in [-0.25, -0.2) is 9.97 Å². The molecule has 0 bridgehead atoms. The van der Waals surface area contributed by atoms with E-state index in [1.165, 1.54) is 37.2 Å². The highest BCUT2D eigenvalue weighted by molar-refractivity contribution is 7.99. The van der Waals surface area contributed by atoms with Crippen LogP contribution in [0.2, 0.25) is 0 Å². The van der Waals surface area contributed by atoms with Crippen LogP contribution in [0.3, 0.4) is 0 Å². The standard InChI is InChI=1S/C24H22N6OS/c1-15(31)25-18-9-11-19(12-10-18)32-24-26-20(16-5-3-2-4-6-16)13-22(28-24)27-23-14-21(29-30-23)17-7-8-17/h2-6,9-14,17H,7-8H2,1H3,(H,25,31)(H2,26,27,28,29,30). The summed E-state index contributed by atoms with van der Waals surface area (Å²) in [7, 11) is 0. The monoisotopic (exact) mass is 442 g/mol. The van der Waals surface area contributed by atoms with Gasteiger partial charge in [0.1, 0.15) is 5.82 Å². The summed E-state index contributed by atoms with van der Waals surface area (Å²) < 4.78 is 0. The third-order valence-corrected chi connectivity index (χ3v) is 5.90. The number of carbonyl (C=O) groups excluding carboxylic acids is 1. The number of rotatable bonds is 7.